The van der Waals surface area contributed by atoms with E-state index in [4.69, 9.17) is 32.7 Å². The van der Waals surface area contributed by atoms with Crippen LogP contribution in [0.3, 0.4) is 0 Å². The van der Waals surface area contributed by atoms with Crippen molar-refractivity contribution in [2.75, 3.05) is 7.11 Å². The monoisotopic (exact) mass is 300 g/mol. The van der Waals surface area contributed by atoms with Crippen LogP contribution in [-0.2, 0) is 9.53 Å². The van der Waals surface area contributed by atoms with E-state index >= 15 is 0 Å². The Kier molecular flexibility index (Phi) is 4.12. The van der Waals surface area contributed by atoms with Crippen molar-refractivity contribution in [1.29, 1.82) is 0 Å². The van der Waals surface area contributed by atoms with Gasteiger partial charge in [0.05, 0.1) is 18.6 Å². The summed E-state index contributed by atoms with van der Waals surface area (Å²) in [4.78, 5) is 23.2. The highest BCUT2D eigenvalue weighted by Gasteiger charge is 2.33. The Morgan fingerprint density at radius 2 is 2.16 bits per heavy atom. The normalized spacial score (nSPS) is 18.5. The smallest absolute Gasteiger partial charge is 0.351 e. The summed E-state index contributed by atoms with van der Waals surface area (Å²) in [5.41, 5.74) is 0.461. The van der Waals surface area contributed by atoms with Crippen molar-refractivity contribution < 1.29 is 19.1 Å². The highest BCUT2D eigenvalue weighted by Crippen LogP contribution is 2.31. The number of Topliss-reactive ketones (excluding diaryl/α,β-unsaturated/α-hetero) is 1. The second-order valence-corrected chi connectivity index (χ2v) is 4.70. The lowest BCUT2D eigenvalue weighted by molar-refractivity contribution is -0.138. The number of ketones is 1. The Morgan fingerprint density at radius 3 is 2.74 bits per heavy atom. The molecule has 0 amide bonds. The Labute approximate surface area is 119 Å². The second-order valence-electron chi connectivity index (χ2n) is 3.92. The van der Waals surface area contributed by atoms with Gasteiger partial charge in [-0.3, -0.25) is 4.79 Å². The van der Waals surface area contributed by atoms with E-state index in [0.717, 1.165) is 0 Å². The molecule has 0 bridgehead atoms. The summed E-state index contributed by atoms with van der Waals surface area (Å²) in [7, 11) is 1.52. The third kappa shape index (κ3) is 2.91. The van der Waals surface area contributed by atoms with E-state index in [1.807, 2.05) is 0 Å². The molecule has 1 aliphatic rings. The number of halogens is 2. The highest BCUT2D eigenvalue weighted by molar-refractivity contribution is 6.48. The zero-order chi connectivity index (χ0) is 14.0. The molecule has 1 heterocycles. The van der Waals surface area contributed by atoms with Crippen molar-refractivity contribution in [3.8, 4) is 5.75 Å². The van der Waals surface area contributed by atoms with Crippen LogP contribution in [0.2, 0.25) is 0 Å². The van der Waals surface area contributed by atoms with Gasteiger partial charge in [0, 0.05) is 5.56 Å². The number of ether oxygens (including phenoxy) is 2. The van der Waals surface area contributed by atoms with Crippen molar-refractivity contribution in [2.45, 2.75) is 12.5 Å². The number of carbonyl (C=O) groups excluding carboxylic acids is 2. The number of benzene rings is 1. The third-order valence-electron chi connectivity index (χ3n) is 2.68. The van der Waals surface area contributed by atoms with Gasteiger partial charge in [-0.25, -0.2) is 4.79 Å². The highest BCUT2D eigenvalue weighted by atomic mass is 35.5. The topological polar surface area (TPSA) is 52.6 Å². The molecule has 0 saturated heterocycles. The first-order valence-corrected chi connectivity index (χ1v) is 6.22. The lowest BCUT2D eigenvalue weighted by atomic mass is 10.0. The van der Waals surface area contributed by atoms with Crippen molar-refractivity contribution in [3.05, 3.63) is 39.9 Å². The molecular weight excluding hydrogens is 291 g/mol. The van der Waals surface area contributed by atoms with Crippen LogP contribution in [0.5, 0.6) is 5.75 Å². The van der Waals surface area contributed by atoms with Crippen molar-refractivity contribution >= 4 is 35.0 Å². The van der Waals surface area contributed by atoms with Gasteiger partial charge in [-0.15, -0.1) is 0 Å². The SMILES string of the molecule is COc1cccc(C(=O)CC2OC(=O)C(Cl)=C2Cl)c1. The van der Waals surface area contributed by atoms with Gasteiger partial charge in [-0.05, 0) is 12.1 Å². The zero-order valence-electron chi connectivity index (χ0n) is 9.98. The van der Waals surface area contributed by atoms with Crippen LogP contribution in [0.15, 0.2) is 34.3 Å². The molecule has 0 aliphatic carbocycles. The molecule has 1 aromatic carbocycles. The number of esters is 1. The maximum atomic E-state index is 12.1. The lowest BCUT2D eigenvalue weighted by Crippen LogP contribution is -2.15. The molecule has 6 heteroatoms. The van der Waals surface area contributed by atoms with Gasteiger partial charge in [-0.1, -0.05) is 35.3 Å². The summed E-state index contributed by atoms with van der Waals surface area (Å²) in [5.74, 6) is -0.328. The Bertz CT molecular complexity index is 566. The maximum Gasteiger partial charge on any atom is 0.351 e. The lowest BCUT2D eigenvalue weighted by Gasteiger charge is -2.09. The number of methoxy groups -OCH3 is 1. The molecule has 1 unspecified atom stereocenters. The predicted octanol–water partition coefficient (Wildman–Crippen LogP) is 2.88. The van der Waals surface area contributed by atoms with Crippen molar-refractivity contribution in [1.82, 2.24) is 0 Å². The van der Waals surface area contributed by atoms with Gasteiger partial charge in [0.1, 0.15) is 16.9 Å². The van der Waals surface area contributed by atoms with Crippen molar-refractivity contribution in [3.63, 3.8) is 0 Å². The van der Waals surface area contributed by atoms with Crippen LogP contribution in [-0.4, -0.2) is 25.0 Å². The number of rotatable bonds is 4. The molecule has 100 valence electrons. The van der Waals surface area contributed by atoms with Gasteiger partial charge >= 0.3 is 5.97 Å². The first-order chi connectivity index (χ1) is 9.02. The van der Waals surface area contributed by atoms with Gasteiger partial charge in [0.25, 0.3) is 0 Å². The molecule has 1 aliphatic heterocycles. The van der Waals surface area contributed by atoms with Gasteiger partial charge < -0.3 is 9.47 Å². The minimum atomic E-state index is -0.805. The third-order valence-corrected chi connectivity index (χ3v) is 3.57. The van der Waals surface area contributed by atoms with Gasteiger partial charge in [0.2, 0.25) is 0 Å². The Hall–Kier alpha value is -1.52. The summed E-state index contributed by atoms with van der Waals surface area (Å²) in [6.45, 7) is 0. The predicted molar refractivity (Wildman–Crippen MR) is 70.6 cm³/mol. The van der Waals surface area contributed by atoms with E-state index < -0.39 is 12.1 Å². The minimum absolute atomic E-state index is 0.0477. The van der Waals surface area contributed by atoms with Gasteiger partial charge in [-0.2, -0.15) is 0 Å². The fraction of sp³-hybridized carbons (Fsp3) is 0.231. The average Bonchev–Trinajstić information content (AvgIpc) is 2.66. The summed E-state index contributed by atoms with van der Waals surface area (Å²) < 4.78 is 9.94. The quantitative estimate of drug-likeness (QED) is 0.634. The maximum absolute atomic E-state index is 12.1. The number of cyclic esters (lactones) is 1. The van der Waals surface area contributed by atoms with E-state index in [9.17, 15) is 9.59 Å². The summed E-state index contributed by atoms with van der Waals surface area (Å²) in [6, 6.07) is 6.70. The minimum Gasteiger partial charge on any atom is -0.497 e. The van der Waals surface area contributed by atoms with Crippen LogP contribution in [0.4, 0.5) is 0 Å². The van der Waals surface area contributed by atoms with Gasteiger partial charge in [0.15, 0.2) is 5.78 Å². The van der Waals surface area contributed by atoms with Crippen LogP contribution in [0, 0.1) is 0 Å². The standard InChI is InChI=1S/C13H10Cl2O4/c1-18-8-4-2-3-7(5-8)9(16)6-10-11(14)12(15)13(17)19-10/h2-5,10H,6H2,1H3. The molecule has 1 atom stereocenters. The summed E-state index contributed by atoms with van der Waals surface area (Å²) >= 11 is 11.5. The molecule has 4 nitrogen and oxygen atoms in total. The van der Waals surface area contributed by atoms with E-state index in [-0.39, 0.29) is 22.3 Å². The van der Waals surface area contributed by atoms with Crippen LogP contribution in [0.1, 0.15) is 16.8 Å². The molecule has 2 rings (SSSR count). The second kappa shape index (κ2) is 5.63. The summed E-state index contributed by atoms with van der Waals surface area (Å²) in [6.07, 6.45) is -0.853. The average molecular weight is 301 g/mol. The van der Waals surface area contributed by atoms with E-state index in [0.29, 0.717) is 11.3 Å². The largest absolute Gasteiger partial charge is 0.497 e. The molecule has 19 heavy (non-hydrogen) atoms. The molecule has 0 aromatic heterocycles. The fourth-order valence-electron chi connectivity index (χ4n) is 1.69. The van der Waals surface area contributed by atoms with Crippen LogP contribution < -0.4 is 4.74 Å². The van der Waals surface area contributed by atoms with E-state index in [1.54, 1.807) is 24.3 Å². The van der Waals surface area contributed by atoms with E-state index in [2.05, 4.69) is 0 Å². The number of carbonyl (C=O) groups is 2. The zero-order valence-corrected chi connectivity index (χ0v) is 11.5. The molecule has 0 spiro atoms. The van der Waals surface area contributed by atoms with E-state index in [1.165, 1.54) is 7.11 Å². The number of hydrogen-bond acceptors (Lipinski definition) is 4. The summed E-state index contributed by atoms with van der Waals surface area (Å²) in [5, 5.41) is -0.0898. The first kappa shape index (κ1) is 13.9. The Balaban J connectivity index is 2.12. The molecule has 0 fully saturated rings. The van der Waals surface area contributed by atoms with Crippen LogP contribution in [0.25, 0.3) is 0 Å². The molecule has 0 saturated carbocycles. The fourth-order valence-corrected chi connectivity index (χ4v) is 2.05. The molecule has 0 radical (unpaired) electrons. The molecule has 0 N–H and O–H groups in total. The molecule has 1 aromatic rings. The first-order valence-electron chi connectivity index (χ1n) is 5.46. The molecular formula is C13H10Cl2O4. The van der Waals surface area contributed by atoms with Crippen molar-refractivity contribution in [2.24, 2.45) is 0 Å². The number of hydrogen-bond donors (Lipinski definition) is 0. The Morgan fingerprint density at radius 1 is 1.42 bits per heavy atom. The van der Waals surface area contributed by atoms with Crippen LogP contribution >= 0.6 is 23.2 Å².